The summed E-state index contributed by atoms with van der Waals surface area (Å²) < 4.78 is 0. The predicted molar refractivity (Wildman–Crippen MR) is 89.1 cm³/mol. The van der Waals surface area contributed by atoms with Crippen molar-refractivity contribution in [2.45, 2.75) is 19.9 Å². The van der Waals surface area contributed by atoms with Crippen LogP contribution in [0, 0.1) is 6.92 Å². The lowest BCUT2D eigenvalue weighted by molar-refractivity contribution is 0.0949. The maximum absolute atomic E-state index is 12.0. The molecule has 0 atom stereocenters. The van der Waals surface area contributed by atoms with Crippen molar-refractivity contribution >= 4 is 28.1 Å². The summed E-state index contributed by atoms with van der Waals surface area (Å²) >= 11 is 1.41. The summed E-state index contributed by atoms with van der Waals surface area (Å²) in [7, 11) is 0. The first-order valence-electron chi connectivity index (χ1n) is 7.17. The highest BCUT2D eigenvalue weighted by molar-refractivity contribution is 7.09. The monoisotopic (exact) mass is 314 g/mol. The van der Waals surface area contributed by atoms with Crippen LogP contribution in [0.1, 0.15) is 26.6 Å². The van der Waals surface area contributed by atoms with Gasteiger partial charge >= 0.3 is 0 Å². The first kappa shape index (κ1) is 14.7. The predicted octanol–water partition coefficient (Wildman–Crippen LogP) is 2.36. The second kappa shape index (κ2) is 6.29. The van der Waals surface area contributed by atoms with E-state index in [0.717, 1.165) is 16.9 Å². The van der Waals surface area contributed by atoms with Gasteiger partial charge in [-0.1, -0.05) is 18.2 Å². The van der Waals surface area contributed by atoms with Crippen molar-refractivity contribution < 1.29 is 4.79 Å². The van der Waals surface area contributed by atoms with E-state index >= 15 is 0 Å². The molecule has 3 rings (SSSR count). The number of nitrogens with two attached hydrogens (primary N) is 1. The van der Waals surface area contributed by atoms with E-state index < -0.39 is 0 Å². The van der Waals surface area contributed by atoms with Crippen molar-refractivity contribution in [2.24, 2.45) is 5.73 Å². The Balaban J connectivity index is 1.62. The molecule has 0 radical (unpaired) electrons. The minimum atomic E-state index is -0.146. The number of aromatic nitrogens is 2. The summed E-state index contributed by atoms with van der Waals surface area (Å²) in [6.07, 6.45) is 2.79. The van der Waals surface area contributed by atoms with Crippen LogP contribution in [0.25, 0.3) is 10.9 Å². The highest BCUT2D eigenvalue weighted by atomic mass is 32.1. The number of aromatic amines is 1. The van der Waals surface area contributed by atoms with Gasteiger partial charge < -0.3 is 16.0 Å². The number of nitrogens with one attached hydrogen (secondary N) is 2. The molecule has 0 spiro atoms. The molecule has 0 saturated carbocycles. The number of aryl methyl sites for hydroxylation is 1. The SMILES string of the molecule is Cc1cccc2c(CCNC(=O)c3csc(CN)n3)c[nH]c12. The molecule has 2 aromatic heterocycles. The van der Waals surface area contributed by atoms with Crippen molar-refractivity contribution in [3.63, 3.8) is 0 Å². The van der Waals surface area contributed by atoms with Gasteiger partial charge in [0.1, 0.15) is 10.7 Å². The fraction of sp³-hybridized carbons (Fsp3) is 0.250. The van der Waals surface area contributed by atoms with E-state index in [4.69, 9.17) is 5.73 Å². The van der Waals surface area contributed by atoms with Crippen molar-refractivity contribution in [3.8, 4) is 0 Å². The second-order valence-corrected chi connectivity index (χ2v) is 6.09. The van der Waals surface area contributed by atoms with E-state index in [2.05, 4.69) is 40.4 Å². The minimum Gasteiger partial charge on any atom is -0.361 e. The lowest BCUT2D eigenvalue weighted by atomic mass is 10.1. The maximum atomic E-state index is 12.0. The number of para-hydroxylation sites is 1. The summed E-state index contributed by atoms with van der Waals surface area (Å²) in [5.74, 6) is -0.146. The molecule has 2 heterocycles. The molecule has 5 nitrogen and oxygen atoms in total. The second-order valence-electron chi connectivity index (χ2n) is 5.15. The Morgan fingerprint density at radius 3 is 3.09 bits per heavy atom. The summed E-state index contributed by atoms with van der Waals surface area (Å²) in [6.45, 7) is 3.03. The number of fused-ring (bicyclic) bond motifs is 1. The Labute approximate surface area is 132 Å². The molecule has 4 N–H and O–H groups in total. The molecule has 0 aliphatic heterocycles. The Bertz CT molecular complexity index is 805. The van der Waals surface area contributed by atoms with Crippen LogP contribution in [-0.2, 0) is 13.0 Å². The Morgan fingerprint density at radius 1 is 1.45 bits per heavy atom. The summed E-state index contributed by atoms with van der Waals surface area (Å²) in [4.78, 5) is 19.5. The molecular weight excluding hydrogens is 296 g/mol. The molecule has 0 aliphatic carbocycles. The van der Waals surface area contributed by atoms with E-state index in [0.29, 0.717) is 18.8 Å². The Kier molecular flexibility index (Phi) is 4.22. The molecule has 22 heavy (non-hydrogen) atoms. The van der Waals surface area contributed by atoms with E-state index in [1.165, 1.54) is 27.8 Å². The van der Waals surface area contributed by atoms with Gasteiger partial charge in [-0.3, -0.25) is 4.79 Å². The number of hydrogen-bond donors (Lipinski definition) is 3. The number of carbonyl (C=O) groups excluding carboxylic acids is 1. The van der Waals surface area contributed by atoms with Crippen LogP contribution in [0.4, 0.5) is 0 Å². The highest BCUT2D eigenvalue weighted by Gasteiger charge is 2.10. The third-order valence-corrected chi connectivity index (χ3v) is 4.52. The maximum Gasteiger partial charge on any atom is 0.270 e. The van der Waals surface area contributed by atoms with Gasteiger partial charge in [-0.2, -0.15) is 0 Å². The molecule has 1 aromatic carbocycles. The number of nitrogens with zero attached hydrogens (tertiary/aromatic N) is 1. The molecule has 0 saturated heterocycles. The fourth-order valence-electron chi connectivity index (χ4n) is 2.48. The zero-order chi connectivity index (χ0) is 15.5. The number of hydrogen-bond acceptors (Lipinski definition) is 4. The number of thiazole rings is 1. The zero-order valence-corrected chi connectivity index (χ0v) is 13.2. The third-order valence-electron chi connectivity index (χ3n) is 3.65. The van der Waals surface area contributed by atoms with Crippen LogP contribution in [0.3, 0.4) is 0 Å². The molecule has 0 fully saturated rings. The van der Waals surface area contributed by atoms with Crippen LogP contribution in [-0.4, -0.2) is 22.4 Å². The minimum absolute atomic E-state index is 0.146. The van der Waals surface area contributed by atoms with Crippen LogP contribution in [0.15, 0.2) is 29.8 Å². The molecule has 3 aromatic rings. The van der Waals surface area contributed by atoms with E-state index in [1.54, 1.807) is 5.38 Å². The smallest absolute Gasteiger partial charge is 0.270 e. The molecule has 0 aliphatic rings. The van der Waals surface area contributed by atoms with Crippen molar-refractivity contribution in [1.82, 2.24) is 15.3 Å². The van der Waals surface area contributed by atoms with Gasteiger partial charge in [-0.05, 0) is 24.5 Å². The number of rotatable bonds is 5. The van der Waals surface area contributed by atoms with E-state index in [-0.39, 0.29) is 5.91 Å². The molecule has 0 bridgehead atoms. The lowest BCUT2D eigenvalue weighted by Gasteiger charge is -2.03. The quantitative estimate of drug-likeness (QED) is 0.676. The van der Waals surface area contributed by atoms with Crippen molar-refractivity contribution in [1.29, 1.82) is 0 Å². The molecule has 6 heteroatoms. The number of carbonyl (C=O) groups is 1. The normalized spacial score (nSPS) is 11.0. The number of benzene rings is 1. The first-order valence-corrected chi connectivity index (χ1v) is 8.05. The van der Waals surface area contributed by atoms with Crippen LogP contribution < -0.4 is 11.1 Å². The largest absolute Gasteiger partial charge is 0.361 e. The van der Waals surface area contributed by atoms with Gasteiger partial charge in [0.25, 0.3) is 5.91 Å². The van der Waals surface area contributed by atoms with Crippen LogP contribution >= 0.6 is 11.3 Å². The van der Waals surface area contributed by atoms with Crippen LogP contribution in [0.2, 0.25) is 0 Å². The van der Waals surface area contributed by atoms with Gasteiger partial charge in [0.05, 0.1) is 0 Å². The molecular formula is C16H18N4OS. The highest BCUT2D eigenvalue weighted by Crippen LogP contribution is 2.21. The number of H-pyrrole nitrogens is 1. The topological polar surface area (TPSA) is 83.8 Å². The van der Waals surface area contributed by atoms with Crippen molar-refractivity contribution in [2.75, 3.05) is 6.54 Å². The first-order chi connectivity index (χ1) is 10.7. The summed E-state index contributed by atoms with van der Waals surface area (Å²) in [5.41, 5.74) is 9.55. The van der Waals surface area contributed by atoms with Gasteiger partial charge in [0.2, 0.25) is 0 Å². The Hall–Kier alpha value is -2.18. The summed E-state index contributed by atoms with van der Waals surface area (Å²) in [6, 6.07) is 6.24. The van der Waals surface area contributed by atoms with E-state index in [1.807, 2.05) is 6.20 Å². The standard InChI is InChI=1S/C16H18N4OS/c1-10-3-2-4-12-11(8-19-15(10)12)5-6-18-16(21)13-9-22-14(7-17)20-13/h2-4,8-9,19H,5-7,17H2,1H3,(H,18,21). The zero-order valence-electron chi connectivity index (χ0n) is 12.3. The van der Waals surface area contributed by atoms with Crippen molar-refractivity contribution in [3.05, 3.63) is 51.6 Å². The van der Waals surface area contributed by atoms with Gasteiger partial charge in [-0.25, -0.2) is 4.98 Å². The molecule has 0 unspecified atom stereocenters. The average molecular weight is 314 g/mol. The lowest BCUT2D eigenvalue weighted by Crippen LogP contribution is -2.26. The summed E-state index contributed by atoms with van der Waals surface area (Å²) in [5, 5.41) is 6.64. The molecule has 1 amide bonds. The average Bonchev–Trinajstić information content (AvgIpc) is 3.15. The van der Waals surface area contributed by atoms with Crippen LogP contribution in [0.5, 0.6) is 0 Å². The van der Waals surface area contributed by atoms with Gasteiger partial charge in [0.15, 0.2) is 0 Å². The molecule has 114 valence electrons. The van der Waals surface area contributed by atoms with E-state index in [9.17, 15) is 4.79 Å². The number of amides is 1. The Morgan fingerprint density at radius 2 is 2.32 bits per heavy atom. The van der Waals surface area contributed by atoms with Gasteiger partial charge in [0, 0.05) is 35.6 Å². The van der Waals surface area contributed by atoms with Gasteiger partial charge in [-0.15, -0.1) is 11.3 Å². The fourth-order valence-corrected chi connectivity index (χ4v) is 3.14. The third kappa shape index (κ3) is 2.88.